The minimum Gasteiger partial charge on any atom is -0.387 e. The van der Waals surface area contributed by atoms with Crippen molar-refractivity contribution >= 4 is 33.5 Å². The van der Waals surface area contributed by atoms with Crippen LogP contribution in [0.1, 0.15) is 17.2 Å². The topological polar surface area (TPSA) is 59.1 Å². The molecule has 0 aliphatic heterocycles. The maximum absolute atomic E-state index is 10.2. The lowest BCUT2D eigenvalue weighted by Gasteiger charge is -2.13. The quantitative estimate of drug-likeness (QED) is 0.837. The Bertz CT molecular complexity index is 577. The molecule has 0 spiro atoms. The molecular formula is C14H15BrN2OS. The van der Waals surface area contributed by atoms with Crippen molar-refractivity contribution in [3.63, 3.8) is 0 Å². The molecule has 0 saturated heterocycles. The minimum atomic E-state index is -0.621. The van der Waals surface area contributed by atoms with Crippen molar-refractivity contribution in [1.29, 1.82) is 0 Å². The number of anilines is 1. The molecule has 1 unspecified atom stereocenters. The second kappa shape index (κ2) is 6.41. The van der Waals surface area contributed by atoms with Crippen LogP contribution in [0, 0.1) is 6.92 Å². The van der Waals surface area contributed by atoms with Gasteiger partial charge in [-0.2, -0.15) is 0 Å². The highest BCUT2D eigenvalue weighted by molar-refractivity contribution is 9.10. The molecule has 3 N–H and O–H groups in total. The van der Waals surface area contributed by atoms with Gasteiger partial charge in [-0.25, -0.2) is 4.98 Å². The zero-order chi connectivity index (χ0) is 13.8. The Morgan fingerprint density at radius 1 is 1.42 bits per heavy atom. The fraction of sp³-hybridized carbons (Fsp3) is 0.214. The molecule has 0 amide bonds. The number of aliphatic hydroxyl groups excluding tert-OH is 1. The Labute approximate surface area is 125 Å². The molecule has 2 aromatic rings. The molecule has 0 aliphatic rings. The van der Waals surface area contributed by atoms with Crippen molar-refractivity contribution in [3.05, 3.63) is 52.1 Å². The van der Waals surface area contributed by atoms with Gasteiger partial charge in [0.25, 0.3) is 0 Å². The van der Waals surface area contributed by atoms with E-state index in [1.54, 1.807) is 18.0 Å². The van der Waals surface area contributed by atoms with Crippen LogP contribution in [0.4, 0.5) is 5.82 Å². The molecule has 1 atom stereocenters. The van der Waals surface area contributed by atoms with E-state index in [-0.39, 0.29) is 0 Å². The molecule has 0 fully saturated rings. The van der Waals surface area contributed by atoms with Crippen molar-refractivity contribution in [1.82, 2.24) is 4.98 Å². The summed E-state index contributed by atoms with van der Waals surface area (Å²) in [5.74, 6) is 0.934. The van der Waals surface area contributed by atoms with E-state index in [0.29, 0.717) is 17.1 Å². The second-order valence-corrected chi connectivity index (χ2v) is 6.16. The normalized spacial score (nSPS) is 12.4. The van der Waals surface area contributed by atoms with Gasteiger partial charge in [0.2, 0.25) is 0 Å². The Morgan fingerprint density at radius 2 is 2.16 bits per heavy atom. The standard InChI is InChI=1S/C14H15BrN2OS/c1-9-6-10(14(16)17-7-9)12(18)8-19-13-5-3-2-4-11(13)15/h2-7,12,18H,8H2,1H3,(H2,16,17). The van der Waals surface area contributed by atoms with Gasteiger partial charge in [-0.05, 0) is 46.6 Å². The first-order chi connectivity index (χ1) is 9.08. The molecular weight excluding hydrogens is 324 g/mol. The van der Waals surface area contributed by atoms with Crippen molar-refractivity contribution in [2.45, 2.75) is 17.9 Å². The number of nitrogens with zero attached hydrogens (tertiary/aromatic N) is 1. The van der Waals surface area contributed by atoms with Gasteiger partial charge < -0.3 is 10.8 Å². The highest BCUT2D eigenvalue weighted by Crippen LogP contribution is 2.31. The van der Waals surface area contributed by atoms with E-state index in [4.69, 9.17) is 5.73 Å². The van der Waals surface area contributed by atoms with Gasteiger partial charge in [-0.3, -0.25) is 0 Å². The van der Waals surface area contributed by atoms with Crippen LogP contribution in [0.15, 0.2) is 45.9 Å². The van der Waals surface area contributed by atoms with Gasteiger partial charge in [0.05, 0.1) is 6.10 Å². The number of rotatable bonds is 4. The molecule has 1 heterocycles. The van der Waals surface area contributed by atoms with Crippen LogP contribution >= 0.6 is 27.7 Å². The van der Waals surface area contributed by atoms with Crippen molar-refractivity contribution in [2.24, 2.45) is 0 Å². The number of aliphatic hydroxyl groups is 1. The van der Waals surface area contributed by atoms with Crippen LogP contribution in [0.5, 0.6) is 0 Å². The molecule has 0 radical (unpaired) electrons. The summed E-state index contributed by atoms with van der Waals surface area (Å²) in [5, 5.41) is 10.2. The summed E-state index contributed by atoms with van der Waals surface area (Å²) in [4.78, 5) is 5.17. The fourth-order valence-corrected chi connectivity index (χ4v) is 3.22. The largest absolute Gasteiger partial charge is 0.387 e. The highest BCUT2D eigenvalue weighted by atomic mass is 79.9. The number of nitrogens with two attached hydrogens (primary N) is 1. The predicted molar refractivity (Wildman–Crippen MR) is 83.2 cm³/mol. The average molecular weight is 339 g/mol. The molecule has 1 aromatic heterocycles. The van der Waals surface area contributed by atoms with E-state index in [1.165, 1.54) is 0 Å². The first-order valence-electron chi connectivity index (χ1n) is 5.85. The Hall–Kier alpha value is -1.04. The van der Waals surface area contributed by atoms with Gasteiger partial charge in [-0.15, -0.1) is 11.8 Å². The van der Waals surface area contributed by atoms with E-state index in [9.17, 15) is 5.11 Å². The molecule has 1 aromatic carbocycles. The summed E-state index contributed by atoms with van der Waals surface area (Å²) in [6.07, 6.45) is 1.08. The van der Waals surface area contributed by atoms with E-state index < -0.39 is 6.10 Å². The smallest absolute Gasteiger partial charge is 0.129 e. The minimum absolute atomic E-state index is 0.394. The first kappa shape index (κ1) is 14.4. The summed E-state index contributed by atoms with van der Waals surface area (Å²) in [6, 6.07) is 9.82. The Balaban J connectivity index is 2.07. The molecule has 5 heteroatoms. The van der Waals surface area contributed by atoms with E-state index in [2.05, 4.69) is 20.9 Å². The molecule has 19 heavy (non-hydrogen) atoms. The zero-order valence-electron chi connectivity index (χ0n) is 10.5. The molecule has 3 nitrogen and oxygen atoms in total. The van der Waals surface area contributed by atoms with Crippen LogP contribution in [0.2, 0.25) is 0 Å². The summed E-state index contributed by atoms with van der Waals surface area (Å²) >= 11 is 5.07. The molecule has 0 aliphatic carbocycles. The van der Waals surface area contributed by atoms with Crippen LogP contribution < -0.4 is 5.73 Å². The maximum Gasteiger partial charge on any atom is 0.129 e. The number of nitrogen functional groups attached to an aromatic ring is 1. The second-order valence-electron chi connectivity index (χ2n) is 4.24. The summed E-state index contributed by atoms with van der Waals surface area (Å²) in [6.45, 7) is 1.93. The SMILES string of the molecule is Cc1cnc(N)c(C(O)CSc2ccccc2Br)c1. The van der Waals surface area contributed by atoms with Gasteiger partial charge in [0.1, 0.15) is 5.82 Å². The van der Waals surface area contributed by atoms with Crippen LogP contribution in [0.25, 0.3) is 0 Å². The van der Waals surface area contributed by atoms with Crippen LogP contribution in [0.3, 0.4) is 0 Å². The predicted octanol–water partition coefficient (Wildman–Crippen LogP) is 3.56. The number of aromatic nitrogens is 1. The molecule has 100 valence electrons. The maximum atomic E-state index is 10.2. The number of hydrogen-bond acceptors (Lipinski definition) is 4. The van der Waals surface area contributed by atoms with Gasteiger partial charge >= 0.3 is 0 Å². The molecule has 0 saturated carbocycles. The number of thioether (sulfide) groups is 1. The first-order valence-corrected chi connectivity index (χ1v) is 7.63. The summed E-state index contributed by atoms with van der Waals surface area (Å²) in [5.41, 5.74) is 7.49. The van der Waals surface area contributed by atoms with Gasteiger partial charge in [0, 0.05) is 26.9 Å². The monoisotopic (exact) mass is 338 g/mol. The van der Waals surface area contributed by atoms with E-state index in [1.807, 2.05) is 37.3 Å². The third-order valence-electron chi connectivity index (χ3n) is 2.68. The lowest BCUT2D eigenvalue weighted by Crippen LogP contribution is -2.06. The number of hydrogen-bond donors (Lipinski definition) is 2. The van der Waals surface area contributed by atoms with Crippen molar-refractivity contribution in [3.8, 4) is 0 Å². The number of benzene rings is 1. The van der Waals surface area contributed by atoms with Crippen LogP contribution in [-0.4, -0.2) is 15.8 Å². The fourth-order valence-electron chi connectivity index (χ4n) is 1.69. The van der Waals surface area contributed by atoms with E-state index in [0.717, 1.165) is 14.9 Å². The molecule has 0 bridgehead atoms. The summed E-state index contributed by atoms with van der Waals surface area (Å²) in [7, 11) is 0. The van der Waals surface area contributed by atoms with Gasteiger partial charge in [0.15, 0.2) is 0 Å². The third kappa shape index (κ3) is 3.72. The Kier molecular flexibility index (Phi) is 4.85. The average Bonchev–Trinajstić information content (AvgIpc) is 2.40. The van der Waals surface area contributed by atoms with E-state index >= 15 is 0 Å². The Morgan fingerprint density at radius 3 is 2.89 bits per heavy atom. The summed E-state index contributed by atoms with van der Waals surface area (Å²) < 4.78 is 1.03. The molecule has 2 rings (SSSR count). The number of pyridine rings is 1. The lowest BCUT2D eigenvalue weighted by atomic mass is 10.1. The zero-order valence-corrected chi connectivity index (χ0v) is 12.9. The lowest BCUT2D eigenvalue weighted by molar-refractivity contribution is 0.204. The van der Waals surface area contributed by atoms with Crippen molar-refractivity contribution in [2.75, 3.05) is 11.5 Å². The highest BCUT2D eigenvalue weighted by Gasteiger charge is 2.13. The van der Waals surface area contributed by atoms with Crippen LogP contribution in [-0.2, 0) is 0 Å². The third-order valence-corrected chi connectivity index (χ3v) is 4.78. The van der Waals surface area contributed by atoms with Gasteiger partial charge in [-0.1, -0.05) is 12.1 Å². The van der Waals surface area contributed by atoms with Crippen molar-refractivity contribution < 1.29 is 5.11 Å². The number of halogens is 1. The number of aryl methyl sites for hydroxylation is 1.